The summed E-state index contributed by atoms with van der Waals surface area (Å²) in [6, 6.07) is 13.0. The van der Waals surface area contributed by atoms with E-state index < -0.39 is 5.97 Å². The van der Waals surface area contributed by atoms with Crippen LogP contribution in [0.1, 0.15) is 22.3 Å². The van der Waals surface area contributed by atoms with E-state index in [4.69, 9.17) is 18.0 Å². The third-order valence-corrected chi connectivity index (χ3v) is 3.55. The number of nitrogens with two attached hydrogens (primary N) is 1. The van der Waals surface area contributed by atoms with Crippen molar-refractivity contribution in [3.05, 3.63) is 64.7 Å². The summed E-state index contributed by atoms with van der Waals surface area (Å²) in [4.78, 5) is 11.3. The molecule has 0 saturated carbocycles. The minimum atomic E-state index is -1.16. The Bertz CT molecular complexity index is 672. The zero-order valence-corrected chi connectivity index (χ0v) is 15.4. The zero-order chi connectivity index (χ0) is 14.7. The SMILES string of the molecule is Cc1ccc(C(=S)c2cccc(CC(=O)[O-])c2N)cc1.O.[Na+]. The Balaban J connectivity index is 0.00000220. The largest absolute Gasteiger partial charge is 1.00 e. The van der Waals surface area contributed by atoms with Crippen LogP contribution < -0.4 is 40.4 Å². The molecule has 0 heterocycles. The van der Waals surface area contributed by atoms with Crippen molar-refractivity contribution in [3.63, 3.8) is 0 Å². The maximum absolute atomic E-state index is 10.7. The zero-order valence-electron chi connectivity index (χ0n) is 12.6. The standard InChI is InChI=1S/C16H15NO2S.Na.H2O/c1-10-5-7-11(8-6-10)16(20)13-4-2-3-12(15(13)17)9-14(18)19;;/h2-8H,9,17H2,1H3,(H,18,19);;1H2/q;+1;/p-1. The molecule has 0 aromatic heterocycles. The van der Waals surface area contributed by atoms with Crippen LogP contribution in [0.25, 0.3) is 0 Å². The van der Waals surface area contributed by atoms with E-state index in [-0.39, 0.29) is 41.5 Å². The average molecular weight is 325 g/mol. The van der Waals surface area contributed by atoms with E-state index in [1.807, 2.05) is 31.2 Å². The molecule has 0 fully saturated rings. The van der Waals surface area contributed by atoms with Crippen LogP contribution in [0.15, 0.2) is 42.5 Å². The topological polar surface area (TPSA) is 97.6 Å². The van der Waals surface area contributed by atoms with Gasteiger partial charge in [-0.15, -0.1) is 0 Å². The van der Waals surface area contributed by atoms with Gasteiger partial charge >= 0.3 is 29.6 Å². The number of para-hydroxylation sites is 1. The Hall–Kier alpha value is -1.24. The van der Waals surface area contributed by atoms with E-state index in [2.05, 4.69) is 0 Å². The number of hydrogen-bond acceptors (Lipinski definition) is 4. The Kier molecular flexibility index (Phi) is 8.52. The third-order valence-electron chi connectivity index (χ3n) is 3.09. The Morgan fingerprint density at radius 2 is 1.77 bits per heavy atom. The van der Waals surface area contributed by atoms with Crippen LogP contribution in [0.3, 0.4) is 0 Å². The Labute approximate surface area is 156 Å². The minimum absolute atomic E-state index is 0. The quantitative estimate of drug-likeness (QED) is 0.299. The van der Waals surface area contributed by atoms with Crippen LogP contribution in [0, 0.1) is 6.92 Å². The van der Waals surface area contributed by atoms with Crippen LogP contribution in [0.4, 0.5) is 5.69 Å². The fourth-order valence-corrected chi connectivity index (χ4v) is 2.30. The first kappa shape index (κ1) is 20.8. The van der Waals surface area contributed by atoms with Gasteiger partial charge in [0.05, 0.1) is 4.86 Å². The molecule has 0 atom stereocenters. The molecule has 0 saturated heterocycles. The van der Waals surface area contributed by atoms with Crippen molar-refractivity contribution in [1.82, 2.24) is 0 Å². The van der Waals surface area contributed by atoms with Gasteiger partial charge in [-0.2, -0.15) is 0 Å². The second-order valence-corrected chi connectivity index (χ2v) is 5.03. The molecular weight excluding hydrogens is 309 g/mol. The molecule has 2 aromatic rings. The molecular formula is C16H16NNaO3S. The second-order valence-electron chi connectivity index (χ2n) is 4.62. The number of rotatable bonds is 4. The second kappa shape index (κ2) is 9.02. The maximum Gasteiger partial charge on any atom is 1.00 e. The fourth-order valence-electron chi connectivity index (χ4n) is 1.98. The van der Waals surface area contributed by atoms with Gasteiger partial charge in [0.25, 0.3) is 0 Å². The number of aliphatic carboxylic acids is 1. The number of carbonyl (C=O) groups excluding carboxylic acids is 1. The molecule has 0 amide bonds. The summed E-state index contributed by atoms with van der Waals surface area (Å²) in [6.45, 7) is 2.00. The first-order valence-corrected chi connectivity index (χ1v) is 6.58. The number of anilines is 1. The minimum Gasteiger partial charge on any atom is -0.550 e. The molecule has 0 unspecified atom stereocenters. The summed E-state index contributed by atoms with van der Waals surface area (Å²) in [5, 5.41) is 10.7. The normalized spacial score (nSPS) is 9.32. The molecule has 6 heteroatoms. The summed E-state index contributed by atoms with van der Waals surface area (Å²) in [7, 11) is 0. The third kappa shape index (κ3) is 4.90. The van der Waals surface area contributed by atoms with E-state index in [1.165, 1.54) is 0 Å². The average Bonchev–Trinajstić information content (AvgIpc) is 2.41. The van der Waals surface area contributed by atoms with Crippen LogP contribution in [0.5, 0.6) is 0 Å². The molecule has 0 aliphatic carbocycles. The number of aryl methyl sites for hydroxylation is 1. The number of benzene rings is 2. The molecule has 2 aromatic carbocycles. The summed E-state index contributed by atoms with van der Waals surface area (Å²) < 4.78 is 0. The van der Waals surface area contributed by atoms with Crippen molar-refractivity contribution in [1.29, 1.82) is 0 Å². The molecule has 0 aliphatic rings. The number of carboxylic acid groups (broad SMARTS) is 1. The van der Waals surface area contributed by atoms with Crippen LogP contribution in [-0.2, 0) is 11.2 Å². The van der Waals surface area contributed by atoms with Gasteiger partial charge in [-0.1, -0.05) is 60.2 Å². The van der Waals surface area contributed by atoms with Crippen molar-refractivity contribution in [2.75, 3.05) is 5.73 Å². The summed E-state index contributed by atoms with van der Waals surface area (Å²) >= 11 is 5.45. The van der Waals surface area contributed by atoms with E-state index >= 15 is 0 Å². The molecule has 0 bridgehead atoms. The fraction of sp³-hybridized carbons (Fsp3) is 0.125. The van der Waals surface area contributed by atoms with Crippen LogP contribution >= 0.6 is 12.2 Å². The van der Waals surface area contributed by atoms with Gasteiger partial charge in [0.15, 0.2) is 0 Å². The van der Waals surface area contributed by atoms with Gasteiger partial charge in [-0.05, 0) is 18.1 Å². The molecule has 110 valence electrons. The number of hydrogen-bond donors (Lipinski definition) is 1. The summed E-state index contributed by atoms with van der Waals surface area (Å²) in [5.74, 6) is -1.16. The van der Waals surface area contributed by atoms with Crippen molar-refractivity contribution >= 4 is 28.7 Å². The van der Waals surface area contributed by atoms with Gasteiger partial charge in [-0.3, -0.25) is 0 Å². The van der Waals surface area contributed by atoms with Crippen LogP contribution in [-0.4, -0.2) is 16.3 Å². The van der Waals surface area contributed by atoms with Gasteiger partial charge in [0.2, 0.25) is 0 Å². The first-order chi connectivity index (χ1) is 9.49. The number of nitrogen functional groups attached to an aromatic ring is 1. The molecule has 0 radical (unpaired) electrons. The van der Waals surface area contributed by atoms with Gasteiger partial charge in [0.1, 0.15) is 0 Å². The smallest absolute Gasteiger partial charge is 0.550 e. The predicted octanol–water partition coefficient (Wildman–Crippen LogP) is -2.18. The van der Waals surface area contributed by atoms with Gasteiger partial charge < -0.3 is 21.1 Å². The van der Waals surface area contributed by atoms with E-state index in [1.54, 1.807) is 18.2 Å². The Morgan fingerprint density at radius 1 is 1.18 bits per heavy atom. The monoisotopic (exact) mass is 325 g/mol. The van der Waals surface area contributed by atoms with Crippen molar-refractivity contribution in [2.24, 2.45) is 0 Å². The van der Waals surface area contributed by atoms with Gasteiger partial charge in [-0.25, -0.2) is 0 Å². The molecule has 4 N–H and O–H groups in total. The van der Waals surface area contributed by atoms with Gasteiger partial charge in [0, 0.05) is 23.6 Å². The van der Waals surface area contributed by atoms with E-state index in [0.717, 1.165) is 11.1 Å². The van der Waals surface area contributed by atoms with Crippen LogP contribution in [0.2, 0.25) is 0 Å². The number of thiocarbonyl (C=S) groups is 1. The van der Waals surface area contributed by atoms with Crippen molar-refractivity contribution < 1.29 is 44.9 Å². The number of carboxylic acids is 1. The molecule has 2 rings (SSSR count). The van der Waals surface area contributed by atoms with E-state index in [0.29, 0.717) is 21.7 Å². The number of carbonyl (C=O) groups is 1. The molecule has 22 heavy (non-hydrogen) atoms. The Morgan fingerprint density at radius 3 is 2.32 bits per heavy atom. The summed E-state index contributed by atoms with van der Waals surface area (Å²) in [5.41, 5.74) is 9.67. The predicted molar refractivity (Wildman–Crippen MR) is 85.2 cm³/mol. The van der Waals surface area contributed by atoms with E-state index in [9.17, 15) is 9.90 Å². The maximum atomic E-state index is 10.7. The van der Waals surface area contributed by atoms with Crippen molar-refractivity contribution in [3.8, 4) is 0 Å². The van der Waals surface area contributed by atoms with Crippen molar-refractivity contribution in [2.45, 2.75) is 13.3 Å². The molecule has 0 aliphatic heterocycles. The molecule has 0 spiro atoms. The first-order valence-electron chi connectivity index (χ1n) is 6.17. The molecule has 4 nitrogen and oxygen atoms in total. The summed E-state index contributed by atoms with van der Waals surface area (Å²) in [6.07, 6.45) is -0.212.